The van der Waals surface area contributed by atoms with Crippen molar-refractivity contribution in [2.45, 2.75) is 50.6 Å². The van der Waals surface area contributed by atoms with Crippen molar-refractivity contribution in [3.05, 3.63) is 12.2 Å². The average molecular weight is 268 g/mol. The number of hydrogen-bond donors (Lipinski definition) is 2. The van der Waals surface area contributed by atoms with Gasteiger partial charge in [0, 0.05) is 12.5 Å². The van der Waals surface area contributed by atoms with Crippen molar-refractivity contribution in [1.29, 1.82) is 0 Å². The predicted octanol–water partition coefficient (Wildman–Crippen LogP) is 1.46. The van der Waals surface area contributed by atoms with E-state index in [-0.39, 0.29) is 24.7 Å². The zero-order chi connectivity index (χ0) is 13.2. The molecule has 0 aromatic carbocycles. The third kappa shape index (κ3) is 3.02. The lowest BCUT2D eigenvalue weighted by molar-refractivity contribution is -0.151. The van der Waals surface area contributed by atoms with Crippen LogP contribution in [0.25, 0.3) is 0 Å². The van der Waals surface area contributed by atoms with Gasteiger partial charge in [-0.05, 0) is 37.5 Å². The molecular weight excluding hydrogens is 244 g/mol. The van der Waals surface area contributed by atoms with E-state index in [9.17, 15) is 10.2 Å². The van der Waals surface area contributed by atoms with Gasteiger partial charge < -0.3 is 19.7 Å². The van der Waals surface area contributed by atoms with Crippen molar-refractivity contribution in [1.82, 2.24) is 0 Å². The lowest BCUT2D eigenvalue weighted by Crippen LogP contribution is -2.32. The Hall–Kier alpha value is -0.420. The maximum atomic E-state index is 10.1. The summed E-state index contributed by atoms with van der Waals surface area (Å²) in [5.74, 6) is 0.996. The van der Waals surface area contributed by atoms with Crippen molar-refractivity contribution in [3.8, 4) is 0 Å². The summed E-state index contributed by atoms with van der Waals surface area (Å²) in [4.78, 5) is 0. The minimum Gasteiger partial charge on any atom is -0.396 e. The summed E-state index contributed by atoms with van der Waals surface area (Å²) >= 11 is 0. The van der Waals surface area contributed by atoms with Gasteiger partial charge in [0.25, 0.3) is 0 Å². The summed E-state index contributed by atoms with van der Waals surface area (Å²) in [5, 5.41) is 19.4. The number of aliphatic hydroxyl groups is 2. The first kappa shape index (κ1) is 13.6. The topological polar surface area (TPSA) is 58.9 Å². The maximum Gasteiger partial charge on any atom is 0.160 e. The number of aliphatic hydroxyl groups excluding tert-OH is 2. The second-order valence-electron chi connectivity index (χ2n) is 6.23. The normalized spacial score (nSPS) is 42.7. The van der Waals surface area contributed by atoms with Gasteiger partial charge >= 0.3 is 0 Å². The Balaban J connectivity index is 1.43. The first-order valence-electron chi connectivity index (χ1n) is 7.50. The van der Waals surface area contributed by atoms with Crippen LogP contribution in [0.2, 0.25) is 0 Å². The van der Waals surface area contributed by atoms with E-state index in [2.05, 4.69) is 6.08 Å². The molecule has 0 aromatic heterocycles. The SMILES string of the molecule is OCC1CCCC(COC(O)C2CC3C=CC2O3)C1. The van der Waals surface area contributed by atoms with E-state index in [0.29, 0.717) is 18.4 Å². The molecule has 0 spiro atoms. The van der Waals surface area contributed by atoms with Crippen LogP contribution in [0, 0.1) is 17.8 Å². The molecule has 0 amide bonds. The Morgan fingerprint density at radius 3 is 2.74 bits per heavy atom. The van der Waals surface area contributed by atoms with Gasteiger partial charge in [0.15, 0.2) is 6.29 Å². The highest BCUT2D eigenvalue weighted by atomic mass is 16.6. The molecule has 19 heavy (non-hydrogen) atoms. The van der Waals surface area contributed by atoms with Gasteiger partial charge in [0.1, 0.15) is 0 Å². The number of hydrogen-bond acceptors (Lipinski definition) is 4. The first-order chi connectivity index (χ1) is 9.26. The van der Waals surface area contributed by atoms with E-state index in [4.69, 9.17) is 9.47 Å². The summed E-state index contributed by atoms with van der Waals surface area (Å²) in [6.07, 6.45) is 8.94. The molecule has 1 saturated heterocycles. The molecule has 2 bridgehead atoms. The fraction of sp³-hybridized carbons (Fsp3) is 0.867. The highest BCUT2D eigenvalue weighted by Crippen LogP contribution is 2.36. The molecule has 2 fully saturated rings. The third-order valence-corrected chi connectivity index (χ3v) is 4.79. The number of fused-ring (bicyclic) bond motifs is 2. The zero-order valence-corrected chi connectivity index (χ0v) is 11.3. The quantitative estimate of drug-likeness (QED) is 0.585. The molecule has 2 N–H and O–H groups in total. The summed E-state index contributed by atoms with van der Waals surface area (Å²) < 4.78 is 11.3. The molecular formula is C15H24O4. The van der Waals surface area contributed by atoms with Gasteiger partial charge in [0.05, 0.1) is 18.8 Å². The zero-order valence-electron chi connectivity index (χ0n) is 11.3. The molecule has 6 atom stereocenters. The van der Waals surface area contributed by atoms with Crippen molar-refractivity contribution < 1.29 is 19.7 Å². The Morgan fingerprint density at radius 2 is 2.05 bits per heavy atom. The van der Waals surface area contributed by atoms with Crippen molar-refractivity contribution in [3.63, 3.8) is 0 Å². The summed E-state index contributed by atoms with van der Waals surface area (Å²) in [7, 11) is 0. The monoisotopic (exact) mass is 268 g/mol. The Labute approximate surface area is 114 Å². The van der Waals surface area contributed by atoms with Gasteiger partial charge in [-0.3, -0.25) is 0 Å². The molecule has 1 aliphatic carbocycles. The highest BCUT2D eigenvalue weighted by Gasteiger charge is 2.41. The van der Waals surface area contributed by atoms with E-state index in [1.54, 1.807) is 0 Å². The number of rotatable bonds is 5. The predicted molar refractivity (Wildman–Crippen MR) is 70.4 cm³/mol. The molecule has 3 rings (SSSR count). The van der Waals surface area contributed by atoms with Crippen LogP contribution in [-0.4, -0.2) is 41.9 Å². The Morgan fingerprint density at radius 1 is 1.21 bits per heavy atom. The van der Waals surface area contributed by atoms with Crippen LogP contribution in [0.4, 0.5) is 0 Å². The molecule has 108 valence electrons. The van der Waals surface area contributed by atoms with Crippen LogP contribution < -0.4 is 0 Å². The summed E-state index contributed by atoms with van der Waals surface area (Å²) in [5.41, 5.74) is 0. The third-order valence-electron chi connectivity index (χ3n) is 4.79. The number of ether oxygens (including phenoxy) is 2. The van der Waals surface area contributed by atoms with Gasteiger partial charge in [-0.25, -0.2) is 0 Å². The molecule has 3 aliphatic rings. The standard InChI is InChI=1S/C15H24O4/c16-8-10-2-1-3-11(6-10)9-18-15(17)13-7-12-4-5-14(13)19-12/h4-5,10-17H,1-3,6-9H2. The molecule has 4 nitrogen and oxygen atoms in total. The molecule has 0 aromatic rings. The largest absolute Gasteiger partial charge is 0.396 e. The van der Waals surface area contributed by atoms with Crippen molar-refractivity contribution in [2.75, 3.05) is 13.2 Å². The lowest BCUT2D eigenvalue weighted by Gasteiger charge is -2.30. The lowest BCUT2D eigenvalue weighted by atomic mass is 9.82. The van der Waals surface area contributed by atoms with Crippen LogP contribution in [-0.2, 0) is 9.47 Å². The molecule has 4 heteroatoms. The van der Waals surface area contributed by atoms with E-state index in [0.717, 1.165) is 32.1 Å². The molecule has 6 unspecified atom stereocenters. The van der Waals surface area contributed by atoms with E-state index < -0.39 is 6.29 Å². The van der Waals surface area contributed by atoms with Crippen LogP contribution >= 0.6 is 0 Å². The first-order valence-corrected chi connectivity index (χ1v) is 7.50. The Bertz CT molecular complexity index is 330. The fourth-order valence-electron chi connectivity index (χ4n) is 3.66. The smallest absolute Gasteiger partial charge is 0.160 e. The van der Waals surface area contributed by atoms with E-state index in [1.807, 2.05) is 6.08 Å². The van der Waals surface area contributed by atoms with Gasteiger partial charge in [-0.1, -0.05) is 18.6 Å². The van der Waals surface area contributed by atoms with Crippen molar-refractivity contribution in [2.24, 2.45) is 17.8 Å². The molecule has 1 saturated carbocycles. The average Bonchev–Trinajstić information content (AvgIpc) is 3.07. The van der Waals surface area contributed by atoms with Crippen LogP contribution in [0.3, 0.4) is 0 Å². The van der Waals surface area contributed by atoms with Crippen LogP contribution in [0.5, 0.6) is 0 Å². The molecule has 2 aliphatic heterocycles. The van der Waals surface area contributed by atoms with E-state index >= 15 is 0 Å². The summed E-state index contributed by atoms with van der Waals surface area (Å²) in [6, 6.07) is 0. The second kappa shape index (κ2) is 5.92. The highest BCUT2D eigenvalue weighted by molar-refractivity contribution is 5.11. The Kier molecular flexibility index (Phi) is 4.22. The minimum atomic E-state index is -0.713. The van der Waals surface area contributed by atoms with Crippen LogP contribution in [0.1, 0.15) is 32.1 Å². The summed E-state index contributed by atoms with van der Waals surface area (Å²) in [6.45, 7) is 0.888. The fourth-order valence-corrected chi connectivity index (χ4v) is 3.66. The van der Waals surface area contributed by atoms with Crippen molar-refractivity contribution >= 4 is 0 Å². The van der Waals surface area contributed by atoms with Gasteiger partial charge in [-0.2, -0.15) is 0 Å². The van der Waals surface area contributed by atoms with Gasteiger partial charge in [0.2, 0.25) is 0 Å². The maximum absolute atomic E-state index is 10.1. The minimum absolute atomic E-state index is 0.0385. The molecule has 2 heterocycles. The van der Waals surface area contributed by atoms with E-state index in [1.165, 1.54) is 0 Å². The molecule has 0 radical (unpaired) electrons. The van der Waals surface area contributed by atoms with Gasteiger partial charge in [-0.15, -0.1) is 0 Å². The second-order valence-corrected chi connectivity index (χ2v) is 6.23. The van der Waals surface area contributed by atoms with Crippen LogP contribution in [0.15, 0.2) is 12.2 Å².